The first kappa shape index (κ1) is 12.9. The summed E-state index contributed by atoms with van der Waals surface area (Å²) in [5, 5.41) is 3.15. The molecule has 2 rings (SSSR count). The molecule has 0 spiro atoms. The average molecular weight is 248 g/mol. The number of nitrogens with one attached hydrogen (secondary N) is 1. The van der Waals surface area contributed by atoms with Gasteiger partial charge in [0.25, 0.3) is 0 Å². The third kappa shape index (κ3) is 2.82. The van der Waals surface area contributed by atoms with Crippen molar-refractivity contribution >= 4 is 5.91 Å². The predicted octanol–water partition coefficient (Wildman–Crippen LogP) is 1.41. The summed E-state index contributed by atoms with van der Waals surface area (Å²) in [6, 6.07) is 7.83. The number of rotatable bonds is 4. The number of nitrogens with two attached hydrogens (primary N) is 1. The number of carbonyl (C=O) groups excluding carboxylic acids is 1. The molecule has 4 nitrogen and oxygen atoms in total. The van der Waals surface area contributed by atoms with Crippen molar-refractivity contribution in [2.24, 2.45) is 5.73 Å². The fourth-order valence-electron chi connectivity index (χ4n) is 2.52. The lowest BCUT2D eigenvalue weighted by Gasteiger charge is -2.29. The van der Waals surface area contributed by atoms with Gasteiger partial charge >= 0.3 is 0 Å². The zero-order valence-electron chi connectivity index (χ0n) is 10.7. The zero-order chi connectivity index (χ0) is 13.0. The summed E-state index contributed by atoms with van der Waals surface area (Å²) in [7, 11) is 0. The van der Waals surface area contributed by atoms with Crippen LogP contribution in [0.15, 0.2) is 24.3 Å². The van der Waals surface area contributed by atoms with Gasteiger partial charge in [0, 0.05) is 0 Å². The lowest BCUT2D eigenvalue weighted by Crippen LogP contribution is -2.46. The minimum Gasteiger partial charge on any atom is -0.494 e. The summed E-state index contributed by atoms with van der Waals surface area (Å²) in [5.74, 6) is 0.996. The molecule has 1 aromatic carbocycles. The Hall–Kier alpha value is -1.55. The molecule has 0 bridgehead atoms. The fraction of sp³-hybridized carbons (Fsp3) is 0.500. The van der Waals surface area contributed by atoms with E-state index in [2.05, 4.69) is 11.4 Å². The molecule has 2 unspecified atom stereocenters. The van der Waals surface area contributed by atoms with Crippen molar-refractivity contribution in [3.05, 3.63) is 29.8 Å². The summed E-state index contributed by atoms with van der Waals surface area (Å²) < 4.78 is 5.65. The minimum atomic E-state index is -0.270. The normalized spacial score (nSPS) is 23.6. The summed E-state index contributed by atoms with van der Waals surface area (Å²) in [5.41, 5.74) is 6.56. The maximum absolute atomic E-state index is 11.3. The quantitative estimate of drug-likeness (QED) is 0.846. The van der Waals surface area contributed by atoms with Crippen LogP contribution in [0.4, 0.5) is 0 Å². The Morgan fingerprint density at radius 1 is 1.50 bits per heavy atom. The van der Waals surface area contributed by atoms with Crippen LogP contribution in [0.1, 0.15) is 31.2 Å². The van der Waals surface area contributed by atoms with Gasteiger partial charge in [-0.2, -0.15) is 0 Å². The summed E-state index contributed by atoms with van der Waals surface area (Å²) in [6.07, 6.45) is 1.76. The first-order valence-corrected chi connectivity index (χ1v) is 6.46. The molecule has 1 saturated heterocycles. The lowest BCUT2D eigenvalue weighted by atomic mass is 9.85. The Morgan fingerprint density at radius 2 is 2.28 bits per heavy atom. The molecule has 0 aromatic heterocycles. The second-order valence-electron chi connectivity index (χ2n) is 4.60. The highest BCUT2D eigenvalue weighted by Crippen LogP contribution is 2.33. The molecule has 18 heavy (non-hydrogen) atoms. The molecule has 1 aromatic rings. The number of benzene rings is 1. The Labute approximate surface area is 108 Å². The molecule has 0 radical (unpaired) electrons. The molecule has 1 aliphatic heterocycles. The summed E-state index contributed by atoms with van der Waals surface area (Å²) in [4.78, 5) is 11.3. The summed E-state index contributed by atoms with van der Waals surface area (Å²) >= 11 is 0. The van der Waals surface area contributed by atoms with E-state index in [0.29, 0.717) is 12.5 Å². The number of para-hydroxylation sites is 1. The standard InChI is InChI=1S/C14H20N2O2/c1-2-18-13-6-4-3-5-11(13)10-7-8-16-12(9-10)14(15)17/h3-6,10,12,16H,2,7-9H2,1H3,(H2,15,17). The topological polar surface area (TPSA) is 64.3 Å². The van der Waals surface area contributed by atoms with E-state index in [1.54, 1.807) is 0 Å². The van der Waals surface area contributed by atoms with Gasteiger partial charge in [0.2, 0.25) is 5.91 Å². The van der Waals surface area contributed by atoms with E-state index in [1.807, 2.05) is 25.1 Å². The number of hydrogen-bond acceptors (Lipinski definition) is 3. The van der Waals surface area contributed by atoms with Crippen molar-refractivity contribution in [3.63, 3.8) is 0 Å². The van der Waals surface area contributed by atoms with Gasteiger partial charge in [-0.3, -0.25) is 4.79 Å². The average Bonchev–Trinajstić information content (AvgIpc) is 2.40. The first-order valence-electron chi connectivity index (χ1n) is 6.46. The molecule has 0 aliphatic carbocycles. The van der Waals surface area contributed by atoms with Crippen molar-refractivity contribution in [2.45, 2.75) is 31.7 Å². The van der Waals surface area contributed by atoms with E-state index in [0.717, 1.165) is 25.1 Å². The SMILES string of the molecule is CCOc1ccccc1C1CCNC(C(N)=O)C1. The molecule has 0 saturated carbocycles. The highest BCUT2D eigenvalue weighted by Gasteiger charge is 2.27. The molecule has 98 valence electrons. The fourth-order valence-corrected chi connectivity index (χ4v) is 2.52. The molecule has 1 aliphatic rings. The van der Waals surface area contributed by atoms with Crippen LogP contribution in [-0.4, -0.2) is 25.1 Å². The van der Waals surface area contributed by atoms with Crippen molar-refractivity contribution in [3.8, 4) is 5.75 Å². The number of amides is 1. The van der Waals surface area contributed by atoms with Crippen LogP contribution in [0.3, 0.4) is 0 Å². The van der Waals surface area contributed by atoms with Crippen LogP contribution in [0.5, 0.6) is 5.75 Å². The molecule has 1 heterocycles. The van der Waals surface area contributed by atoms with Crippen LogP contribution in [0, 0.1) is 0 Å². The maximum atomic E-state index is 11.3. The van der Waals surface area contributed by atoms with Crippen molar-refractivity contribution in [1.29, 1.82) is 0 Å². The Bertz CT molecular complexity index is 420. The van der Waals surface area contributed by atoms with Gasteiger partial charge in [0.05, 0.1) is 12.6 Å². The van der Waals surface area contributed by atoms with E-state index in [4.69, 9.17) is 10.5 Å². The smallest absolute Gasteiger partial charge is 0.234 e. The van der Waals surface area contributed by atoms with Gasteiger partial charge in [-0.15, -0.1) is 0 Å². The van der Waals surface area contributed by atoms with Crippen LogP contribution < -0.4 is 15.8 Å². The van der Waals surface area contributed by atoms with E-state index >= 15 is 0 Å². The largest absolute Gasteiger partial charge is 0.494 e. The molecule has 1 fully saturated rings. The van der Waals surface area contributed by atoms with E-state index in [-0.39, 0.29) is 11.9 Å². The summed E-state index contributed by atoms with van der Waals surface area (Å²) in [6.45, 7) is 3.45. The van der Waals surface area contributed by atoms with Crippen LogP contribution in [0.25, 0.3) is 0 Å². The first-order chi connectivity index (χ1) is 8.72. The van der Waals surface area contributed by atoms with Crippen molar-refractivity contribution < 1.29 is 9.53 Å². The third-order valence-electron chi connectivity index (χ3n) is 3.41. The number of carbonyl (C=O) groups is 1. The monoisotopic (exact) mass is 248 g/mol. The number of piperidine rings is 1. The Kier molecular flexibility index (Phi) is 4.20. The molecule has 2 atom stereocenters. The van der Waals surface area contributed by atoms with E-state index in [9.17, 15) is 4.79 Å². The lowest BCUT2D eigenvalue weighted by molar-refractivity contribution is -0.120. The van der Waals surface area contributed by atoms with Gasteiger partial charge in [-0.25, -0.2) is 0 Å². The molecular weight excluding hydrogens is 228 g/mol. The second-order valence-corrected chi connectivity index (χ2v) is 4.60. The molecule has 1 amide bonds. The number of ether oxygens (including phenoxy) is 1. The minimum absolute atomic E-state index is 0.224. The van der Waals surface area contributed by atoms with E-state index < -0.39 is 0 Å². The predicted molar refractivity (Wildman–Crippen MR) is 70.6 cm³/mol. The molecule has 4 heteroatoms. The number of primary amides is 1. The van der Waals surface area contributed by atoms with Gasteiger partial charge in [0.15, 0.2) is 0 Å². The van der Waals surface area contributed by atoms with Crippen LogP contribution in [0.2, 0.25) is 0 Å². The van der Waals surface area contributed by atoms with Crippen LogP contribution in [-0.2, 0) is 4.79 Å². The van der Waals surface area contributed by atoms with Crippen LogP contribution >= 0.6 is 0 Å². The van der Waals surface area contributed by atoms with Gasteiger partial charge in [-0.1, -0.05) is 18.2 Å². The van der Waals surface area contributed by atoms with Gasteiger partial charge in [-0.05, 0) is 43.9 Å². The maximum Gasteiger partial charge on any atom is 0.234 e. The Balaban J connectivity index is 2.17. The zero-order valence-corrected chi connectivity index (χ0v) is 10.7. The van der Waals surface area contributed by atoms with Gasteiger partial charge < -0.3 is 15.8 Å². The highest BCUT2D eigenvalue weighted by atomic mass is 16.5. The second kappa shape index (κ2) is 5.87. The molecule has 3 N–H and O–H groups in total. The molecular formula is C14H20N2O2. The third-order valence-corrected chi connectivity index (χ3v) is 3.41. The van der Waals surface area contributed by atoms with Gasteiger partial charge in [0.1, 0.15) is 5.75 Å². The number of hydrogen-bond donors (Lipinski definition) is 2. The van der Waals surface area contributed by atoms with Crippen molar-refractivity contribution in [2.75, 3.05) is 13.2 Å². The highest BCUT2D eigenvalue weighted by molar-refractivity contribution is 5.80. The van der Waals surface area contributed by atoms with E-state index in [1.165, 1.54) is 5.56 Å². The Morgan fingerprint density at radius 3 is 3.00 bits per heavy atom. The van der Waals surface area contributed by atoms with Crippen molar-refractivity contribution in [1.82, 2.24) is 5.32 Å².